The number of rotatable bonds is 6. The van der Waals surface area contributed by atoms with Crippen molar-refractivity contribution in [3.63, 3.8) is 0 Å². The lowest BCUT2D eigenvalue weighted by molar-refractivity contribution is -0.141. The van der Waals surface area contributed by atoms with Gasteiger partial charge in [0.25, 0.3) is 0 Å². The van der Waals surface area contributed by atoms with Crippen molar-refractivity contribution in [2.45, 2.75) is 12.0 Å². The lowest BCUT2D eigenvalue weighted by Crippen LogP contribution is -2.21. The fourth-order valence-corrected chi connectivity index (χ4v) is 4.09. The zero-order valence-electron chi connectivity index (χ0n) is 13.2. The molecule has 23 heavy (non-hydrogen) atoms. The standard InChI is InChI=1S/C19H20O4/c1-21-9-2-3-10-22-11-14-6-4-5-13-7-8-15-17-18(20)23-12-19(15,17)16(13)14/h2-8,15,17H,9-12H2,1H3/b3-2+/t15-,17+,19?/m1/s1. The third-order valence-electron chi connectivity index (χ3n) is 5.14. The number of cyclic esters (lactones) is 1. The molecular weight excluding hydrogens is 292 g/mol. The van der Waals surface area contributed by atoms with Crippen molar-refractivity contribution in [1.29, 1.82) is 0 Å². The highest BCUT2D eigenvalue weighted by atomic mass is 16.5. The minimum absolute atomic E-state index is 0.00255. The van der Waals surface area contributed by atoms with E-state index in [1.165, 1.54) is 11.1 Å². The Balaban J connectivity index is 1.55. The van der Waals surface area contributed by atoms with Gasteiger partial charge in [0.2, 0.25) is 0 Å². The summed E-state index contributed by atoms with van der Waals surface area (Å²) in [6, 6.07) is 6.26. The third kappa shape index (κ3) is 2.17. The van der Waals surface area contributed by atoms with Crippen LogP contribution in [-0.2, 0) is 31.0 Å². The topological polar surface area (TPSA) is 44.8 Å². The van der Waals surface area contributed by atoms with Crippen LogP contribution in [0.3, 0.4) is 0 Å². The third-order valence-corrected chi connectivity index (χ3v) is 5.14. The minimum Gasteiger partial charge on any atom is -0.464 e. The molecule has 0 N–H and O–H groups in total. The molecular formula is C19H20O4. The molecule has 0 bridgehead atoms. The molecule has 2 aliphatic carbocycles. The molecule has 1 aromatic rings. The van der Waals surface area contributed by atoms with Gasteiger partial charge in [-0.1, -0.05) is 42.5 Å². The zero-order chi connectivity index (χ0) is 15.9. The van der Waals surface area contributed by atoms with Gasteiger partial charge in [-0.25, -0.2) is 0 Å². The van der Waals surface area contributed by atoms with E-state index in [1.54, 1.807) is 7.11 Å². The van der Waals surface area contributed by atoms with Crippen molar-refractivity contribution in [3.05, 3.63) is 53.1 Å². The van der Waals surface area contributed by atoms with E-state index < -0.39 is 0 Å². The van der Waals surface area contributed by atoms with Crippen LogP contribution in [0.5, 0.6) is 0 Å². The van der Waals surface area contributed by atoms with Crippen LogP contribution in [0.4, 0.5) is 0 Å². The Bertz CT molecular complexity index is 691. The van der Waals surface area contributed by atoms with E-state index in [0.717, 1.165) is 5.56 Å². The number of benzene rings is 1. The van der Waals surface area contributed by atoms with Gasteiger partial charge in [0.1, 0.15) is 6.61 Å². The van der Waals surface area contributed by atoms with E-state index in [-0.39, 0.29) is 17.3 Å². The van der Waals surface area contributed by atoms with Gasteiger partial charge in [0.15, 0.2) is 0 Å². The van der Waals surface area contributed by atoms with Crippen LogP contribution >= 0.6 is 0 Å². The zero-order valence-corrected chi connectivity index (χ0v) is 13.2. The summed E-state index contributed by atoms with van der Waals surface area (Å²) in [5.41, 5.74) is 3.48. The monoisotopic (exact) mass is 312 g/mol. The molecule has 1 heterocycles. The van der Waals surface area contributed by atoms with Crippen molar-refractivity contribution in [3.8, 4) is 0 Å². The lowest BCUT2D eigenvalue weighted by atomic mass is 9.82. The Hall–Kier alpha value is -1.91. The van der Waals surface area contributed by atoms with Gasteiger partial charge in [0.05, 0.1) is 31.2 Å². The van der Waals surface area contributed by atoms with E-state index >= 15 is 0 Å². The number of ether oxygens (including phenoxy) is 3. The smallest absolute Gasteiger partial charge is 0.310 e. The first-order chi connectivity index (χ1) is 11.3. The number of carbonyl (C=O) groups excluding carboxylic acids is 1. The number of methoxy groups -OCH3 is 1. The maximum absolute atomic E-state index is 12.0. The summed E-state index contributed by atoms with van der Waals surface area (Å²) < 4.78 is 16.1. The molecule has 1 spiro atoms. The summed E-state index contributed by atoms with van der Waals surface area (Å²) in [7, 11) is 1.67. The number of carbonyl (C=O) groups is 1. The van der Waals surface area contributed by atoms with Crippen LogP contribution in [0.25, 0.3) is 6.08 Å². The number of allylic oxidation sites excluding steroid dienone is 1. The Morgan fingerprint density at radius 1 is 1.35 bits per heavy atom. The van der Waals surface area contributed by atoms with E-state index in [4.69, 9.17) is 14.2 Å². The molecule has 4 heteroatoms. The fourth-order valence-electron chi connectivity index (χ4n) is 4.09. The van der Waals surface area contributed by atoms with Crippen LogP contribution in [0.15, 0.2) is 36.4 Å². The first-order valence-electron chi connectivity index (χ1n) is 7.98. The van der Waals surface area contributed by atoms with Crippen molar-refractivity contribution >= 4 is 12.0 Å². The van der Waals surface area contributed by atoms with Gasteiger partial charge in [-0.05, 0) is 16.7 Å². The van der Waals surface area contributed by atoms with Crippen molar-refractivity contribution in [1.82, 2.24) is 0 Å². The predicted molar refractivity (Wildman–Crippen MR) is 85.8 cm³/mol. The molecule has 0 amide bonds. The first-order valence-corrected chi connectivity index (χ1v) is 7.98. The molecule has 4 rings (SSSR count). The van der Waals surface area contributed by atoms with Crippen LogP contribution < -0.4 is 0 Å². The summed E-state index contributed by atoms with van der Waals surface area (Å²) in [5.74, 6) is 0.257. The summed E-state index contributed by atoms with van der Waals surface area (Å²) in [5, 5.41) is 0. The van der Waals surface area contributed by atoms with Crippen molar-refractivity contribution < 1.29 is 19.0 Å². The van der Waals surface area contributed by atoms with Crippen LogP contribution in [0.1, 0.15) is 16.7 Å². The Labute approximate surface area is 135 Å². The molecule has 120 valence electrons. The summed E-state index contributed by atoms with van der Waals surface area (Å²) in [4.78, 5) is 12.0. The average Bonchev–Trinajstić information content (AvgIpc) is 3.14. The average molecular weight is 312 g/mol. The van der Waals surface area contributed by atoms with Crippen LogP contribution in [0.2, 0.25) is 0 Å². The highest BCUT2D eigenvalue weighted by Crippen LogP contribution is 2.67. The summed E-state index contributed by atoms with van der Waals surface area (Å²) in [6.07, 6.45) is 8.21. The molecule has 1 saturated heterocycles. The Morgan fingerprint density at radius 2 is 2.22 bits per heavy atom. The molecule has 2 fully saturated rings. The normalized spacial score (nSPS) is 30.0. The second kappa shape index (κ2) is 5.62. The minimum atomic E-state index is -0.132. The molecule has 1 unspecified atom stereocenters. The van der Waals surface area contributed by atoms with Crippen molar-refractivity contribution in [2.75, 3.05) is 26.9 Å². The Kier molecular flexibility index (Phi) is 3.58. The highest BCUT2D eigenvalue weighted by Gasteiger charge is 2.74. The molecule has 4 nitrogen and oxygen atoms in total. The van der Waals surface area contributed by atoms with Crippen LogP contribution in [0, 0.1) is 11.8 Å². The maximum Gasteiger partial charge on any atom is 0.310 e. The lowest BCUT2D eigenvalue weighted by Gasteiger charge is -2.23. The highest BCUT2D eigenvalue weighted by molar-refractivity contribution is 5.87. The van der Waals surface area contributed by atoms with Gasteiger partial charge in [0, 0.05) is 13.0 Å². The SMILES string of the molecule is COC/C=C/COCc1cccc2c1C13COC(=O)[C@@H]1[C@H]3C=C2. The quantitative estimate of drug-likeness (QED) is 0.460. The van der Waals surface area contributed by atoms with Gasteiger partial charge < -0.3 is 14.2 Å². The molecule has 1 saturated carbocycles. The maximum atomic E-state index is 12.0. The van der Waals surface area contributed by atoms with E-state index in [2.05, 4.69) is 30.4 Å². The number of fused-ring (bicyclic) bond motifs is 2. The molecule has 0 aromatic heterocycles. The van der Waals surface area contributed by atoms with E-state index in [9.17, 15) is 4.79 Å². The first kappa shape index (κ1) is 14.7. The van der Waals surface area contributed by atoms with Gasteiger partial charge >= 0.3 is 5.97 Å². The largest absolute Gasteiger partial charge is 0.464 e. The second-order valence-electron chi connectivity index (χ2n) is 6.33. The van der Waals surface area contributed by atoms with E-state index in [0.29, 0.717) is 32.3 Å². The number of esters is 1. The molecule has 3 atom stereocenters. The summed E-state index contributed by atoms with van der Waals surface area (Å²) >= 11 is 0. The van der Waals surface area contributed by atoms with Crippen molar-refractivity contribution in [2.24, 2.45) is 11.8 Å². The van der Waals surface area contributed by atoms with Gasteiger partial charge in [-0.3, -0.25) is 4.79 Å². The Morgan fingerprint density at radius 3 is 3.09 bits per heavy atom. The second-order valence-corrected chi connectivity index (χ2v) is 6.33. The van der Waals surface area contributed by atoms with E-state index in [1.807, 2.05) is 12.2 Å². The number of hydrogen-bond acceptors (Lipinski definition) is 4. The van der Waals surface area contributed by atoms with Gasteiger partial charge in [-0.2, -0.15) is 0 Å². The van der Waals surface area contributed by atoms with Gasteiger partial charge in [-0.15, -0.1) is 0 Å². The molecule has 1 aliphatic heterocycles. The summed E-state index contributed by atoms with van der Waals surface area (Å²) in [6.45, 7) is 2.20. The molecule has 1 aromatic carbocycles. The molecule has 0 radical (unpaired) electrons. The number of hydrogen-bond donors (Lipinski definition) is 0. The predicted octanol–water partition coefficient (Wildman–Crippen LogP) is 2.47. The fraction of sp³-hybridized carbons (Fsp3) is 0.421. The van der Waals surface area contributed by atoms with Crippen LogP contribution in [-0.4, -0.2) is 32.9 Å². The molecule has 3 aliphatic rings.